The van der Waals surface area contributed by atoms with Crippen LogP contribution in [-0.4, -0.2) is 43.3 Å². The van der Waals surface area contributed by atoms with Gasteiger partial charge in [-0.3, -0.25) is 14.4 Å². The number of hydroxylamine groups is 2. The summed E-state index contributed by atoms with van der Waals surface area (Å²) in [4.78, 5) is 27.3. The van der Waals surface area contributed by atoms with E-state index in [1.165, 1.54) is 20.2 Å². The number of rotatable bonds is 6. The molecule has 8 heteroatoms. The SMILES string of the molecule is CON(C)C(=O)/C=C/[C@H](CC1CCCC1)NC(=O)C(F)(F)F. The smallest absolute Gasteiger partial charge is 0.342 e. The summed E-state index contributed by atoms with van der Waals surface area (Å²) in [6.07, 6.45) is 1.80. The molecule has 1 aliphatic rings. The van der Waals surface area contributed by atoms with Crippen molar-refractivity contribution in [3.05, 3.63) is 12.2 Å². The number of nitrogens with zero attached hydrogens (tertiary/aromatic N) is 1. The van der Waals surface area contributed by atoms with Gasteiger partial charge in [0.05, 0.1) is 7.11 Å². The average molecular weight is 322 g/mol. The van der Waals surface area contributed by atoms with Gasteiger partial charge >= 0.3 is 12.1 Å². The zero-order valence-corrected chi connectivity index (χ0v) is 12.7. The minimum atomic E-state index is -4.94. The highest BCUT2D eigenvalue weighted by Crippen LogP contribution is 2.29. The van der Waals surface area contributed by atoms with Gasteiger partial charge in [0.2, 0.25) is 0 Å². The van der Waals surface area contributed by atoms with Gasteiger partial charge in [-0.25, -0.2) is 5.06 Å². The van der Waals surface area contributed by atoms with Gasteiger partial charge < -0.3 is 5.32 Å². The molecule has 0 aliphatic heterocycles. The van der Waals surface area contributed by atoms with Gasteiger partial charge in [-0.2, -0.15) is 13.2 Å². The number of carbonyl (C=O) groups excluding carboxylic acids is 2. The molecule has 0 heterocycles. The Labute approximate surface area is 127 Å². The molecule has 5 nitrogen and oxygen atoms in total. The zero-order chi connectivity index (χ0) is 16.8. The molecule has 0 spiro atoms. The maximum atomic E-state index is 12.4. The summed E-state index contributed by atoms with van der Waals surface area (Å²) in [6, 6.07) is -0.827. The molecule has 1 atom stereocenters. The van der Waals surface area contributed by atoms with Crippen LogP contribution in [0.1, 0.15) is 32.1 Å². The van der Waals surface area contributed by atoms with E-state index in [1.807, 2.05) is 5.32 Å². The molecule has 2 amide bonds. The predicted octanol–water partition coefficient (Wildman–Crippen LogP) is 2.19. The molecule has 1 N–H and O–H groups in total. The highest BCUT2D eigenvalue weighted by molar-refractivity contribution is 5.87. The molecule has 126 valence electrons. The molecule has 0 saturated heterocycles. The van der Waals surface area contributed by atoms with Crippen LogP contribution in [0.5, 0.6) is 0 Å². The molecule has 22 heavy (non-hydrogen) atoms. The quantitative estimate of drug-likeness (QED) is 0.602. The van der Waals surface area contributed by atoms with E-state index in [0.29, 0.717) is 6.42 Å². The van der Waals surface area contributed by atoms with E-state index in [2.05, 4.69) is 4.84 Å². The van der Waals surface area contributed by atoms with Crippen molar-refractivity contribution in [3.8, 4) is 0 Å². The van der Waals surface area contributed by atoms with E-state index in [9.17, 15) is 22.8 Å². The van der Waals surface area contributed by atoms with Crippen LogP contribution in [0.3, 0.4) is 0 Å². The molecule has 0 radical (unpaired) electrons. The van der Waals surface area contributed by atoms with E-state index in [1.54, 1.807) is 0 Å². The summed E-state index contributed by atoms with van der Waals surface area (Å²) in [7, 11) is 2.68. The fourth-order valence-corrected chi connectivity index (χ4v) is 2.43. The van der Waals surface area contributed by atoms with Crippen molar-refractivity contribution in [2.75, 3.05) is 14.2 Å². The maximum absolute atomic E-state index is 12.4. The first-order chi connectivity index (χ1) is 10.2. The van der Waals surface area contributed by atoms with Crippen LogP contribution in [-0.2, 0) is 14.4 Å². The van der Waals surface area contributed by atoms with Crippen LogP contribution >= 0.6 is 0 Å². The van der Waals surface area contributed by atoms with E-state index in [4.69, 9.17) is 0 Å². The van der Waals surface area contributed by atoms with Crippen LogP contribution < -0.4 is 5.32 Å². The summed E-state index contributed by atoms with van der Waals surface area (Å²) in [5.41, 5.74) is 0. The molecular weight excluding hydrogens is 301 g/mol. The van der Waals surface area contributed by atoms with E-state index in [0.717, 1.165) is 36.8 Å². The monoisotopic (exact) mass is 322 g/mol. The first-order valence-corrected chi connectivity index (χ1v) is 7.11. The number of hydrogen-bond donors (Lipinski definition) is 1. The molecule has 0 aromatic carbocycles. The maximum Gasteiger partial charge on any atom is 0.471 e. The lowest BCUT2D eigenvalue weighted by atomic mass is 9.98. The molecule has 0 bridgehead atoms. The molecule has 1 saturated carbocycles. The van der Waals surface area contributed by atoms with E-state index in [-0.39, 0.29) is 5.92 Å². The number of hydrogen-bond acceptors (Lipinski definition) is 3. The molecular formula is C14H21F3N2O3. The molecule has 0 aromatic rings. The van der Waals surface area contributed by atoms with Crippen LogP contribution in [0.15, 0.2) is 12.2 Å². The van der Waals surface area contributed by atoms with Gasteiger partial charge in [-0.15, -0.1) is 0 Å². The Morgan fingerprint density at radius 1 is 1.36 bits per heavy atom. The number of nitrogens with one attached hydrogen (secondary N) is 1. The Morgan fingerprint density at radius 3 is 2.45 bits per heavy atom. The van der Waals surface area contributed by atoms with Crippen molar-refractivity contribution in [2.24, 2.45) is 5.92 Å². The summed E-state index contributed by atoms with van der Waals surface area (Å²) < 4.78 is 37.1. The van der Waals surface area contributed by atoms with Crippen LogP contribution in [0.4, 0.5) is 13.2 Å². The average Bonchev–Trinajstić information content (AvgIpc) is 2.95. The number of halogens is 3. The van der Waals surface area contributed by atoms with Crippen LogP contribution in [0.2, 0.25) is 0 Å². The molecule has 1 fully saturated rings. The zero-order valence-electron chi connectivity index (χ0n) is 12.7. The highest BCUT2D eigenvalue weighted by atomic mass is 19.4. The molecule has 1 aliphatic carbocycles. The summed E-state index contributed by atoms with van der Waals surface area (Å²) in [5.74, 6) is -2.24. The summed E-state index contributed by atoms with van der Waals surface area (Å²) >= 11 is 0. The van der Waals surface area contributed by atoms with Crippen molar-refractivity contribution in [1.82, 2.24) is 10.4 Å². The van der Waals surface area contributed by atoms with E-state index >= 15 is 0 Å². The van der Waals surface area contributed by atoms with Gasteiger partial charge in [0.25, 0.3) is 5.91 Å². The minimum Gasteiger partial charge on any atom is -0.342 e. The second kappa shape index (κ2) is 8.17. The Balaban J connectivity index is 2.70. The molecule has 1 rings (SSSR count). The standard InChI is InChI=1S/C14H21F3N2O3/c1-19(22-2)12(20)8-7-11(9-10-5-3-4-6-10)18-13(21)14(15,16)17/h7-8,10-11H,3-6,9H2,1-2H3,(H,18,21)/b8-7+/t11-/m1/s1. The number of likely N-dealkylation sites (N-methyl/N-ethyl adjacent to an activating group) is 1. The van der Waals surface area contributed by atoms with Crippen LogP contribution in [0, 0.1) is 5.92 Å². The van der Waals surface area contributed by atoms with Crippen LogP contribution in [0.25, 0.3) is 0 Å². The van der Waals surface area contributed by atoms with Crippen molar-refractivity contribution >= 4 is 11.8 Å². The second-order valence-corrected chi connectivity index (χ2v) is 5.34. The van der Waals surface area contributed by atoms with Crippen molar-refractivity contribution in [2.45, 2.75) is 44.3 Å². The van der Waals surface area contributed by atoms with Gasteiger partial charge in [0.1, 0.15) is 0 Å². The van der Waals surface area contributed by atoms with Gasteiger partial charge in [-0.05, 0) is 12.3 Å². The minimum absolute atomic E-state index is 0.262. The Bertz CT molecular complexity index is 418. The highest BCUT2D eigenvalue weighted by Gasteiger charge is 2.39. The fourth-order valence-electron chi connectivity index (χ4n) is 2.43. The third kappa shape index (κ3) is 6.05. The summed E-state index contributed by atoms with van der Waals surface area (Å²) in [5, 5.41) is 2.87. The first kappa shape index (κ1) is 18.5. The number of alkyl halides is 3. The Kier molecular flexibility index (Phi) is 6.86. The van der Waals surface area contributed by atoms with Gasteiger partial charge in [-0.1, -0.05) is 31.8 Å². The number of carbonyl (C=O) groups is 2. The third-order valence-electron chi connectivity index (χ3n) is 3.69. The first-order valence-electron chi connectivity index (χ1n) is 7.11. The lowest BCUT2D eigenvalue weighted by molar-refractivity contribution is -0.174. The summed E-state index contributed by atoms with van der Waals surface area (Å²) in [6.45, 7) is 0. The van der Waals surface area contributed by atoms with Gasteiger partial charge in [0, 0.05) is 19.2 Å². The molecule has 0 aromatic heterocycles. The topological polar surface area (TPSA) is 58.6 Å². The lowest BCUT2D eigenvalue weighted by Gasteiger charge is -2.20. The van der Waals surface area contributed by atoms with Crippen molar-refractivity contribution in [1.29, 1.82) is 0 Å². The van der Waals surface area contributed by atoms with Gasteiger partial charge in [0.15, 0.2) is 0 Å². The second-order valence-electron chi connectivity index (χ2n) is 5.34. The molecule has 0 unspecified atom stereocenters. The number of amides is 2. The van der Waals surface area contributed by atoms with E-state index < -0.39 is 24.0 Å². The normalized spacial score (nSPS) is 17.7. The lowest BCUT2D eigenvalue weighted by Crippen LogP contribution is -2.43. The largest absolute Gasteiger partial charge is 0.471 e. The Morgan fingerprint density at radius 2 is 1.95 bits per heavy atom. The fraction of sp³-hybridized carbons (Fsp3) is 0.714. The van der Waals surface area contributed by atoms with Crippen molar-refractivity contribution in [3.63, 3.8) is 0 Å². The van der Waals surface area contributed by atoms with Crippen molar-refractivity contribution < 1.29 is 27.6 Å². The predicted molar refractivity (Wildman–Crippen MR) is 73.5 cm³/mol. The Hall–Kier alpha value is -1.57. The third-order valence-corrected chi connectivity index (χ3v) is 3.69.